The predicted molar refractivity (Wildman–Crippen MR) is 82.7 cm³/mol. The predicted octanol–water partition coefficient (Wildman–Crippen LogP) is 3.71. The fourth-order valence-electron chi connectivity index (χ4n) is 2.12. The van der Waals surface area contributed by atoms with Crippen LogP contribution in [-0.2, 0) is 16.1 Å². The summed E-state index contributed by atoms with van der Waals surface area (Å²) in [6, 6.07) is 0. The van der Waals surface area contributed by atoms with Gasteiger partial charge in [0.05, 0.1) is 24.1 Å². The average molecular weight is 333 g/mol. The molecule has 2 heterocycles. The molecule has 1 aliphatic heterocycles. The molecule has 1 aliphatic rings. The van der Waals surface area contributed by atoms with Crippen LogP contribution in [-0.4, -0.2) is 40.8 Å². The minimum Gasteiger partial charge on any atom is -0.444 e. The number of hydrogen-bond acceptors (Lipinski definition) is 5. The number of ether oxygens (including phenoxy) is 2. The molecule has 1 aromatic rings. The summed E-state index contributed by atoms with van der Waals surface area (Å²) in [7, 11) is 0. The van der Waals surface area contributed by atoms with Gasteiger partial charge in [-0.1, -0.05) is 11.6 Å². The molecular weight excluding hydrogens is 312 g/mol. The maximum atomic E-state index is 12.1. The molecule has 0 saturated carbocycles. The minimum absolute atomic E-state index is 0.0344. The van der Waals surface area contributed by atoms with E-state index in [0.29, 0.717) is 17.6 Å². The summed E-state index contributed by atoms with van der Waals surface area (Å²) in [5, 5.41) is 0. The van der Waals surface area contributed by atoms with Gasteiger partial charge in [-0.05, 0) is 33.6 Å². The van der Waals surface area contributed by atoms with Crippen molar-refractivity contribution in [3.8, 4) is 0 Å². The molecule has 1 amide bonds. The molecule has 2 rings (SSSR count). The number of likely N-dealkylation sites (tertiary alicyclic amines) is 1. The Balaban J connectivity index is 1.81. The molecule has 0 aromatic carbocycles. The molecule has 1 saturated heterocycles. The molecule has 0 radical (unpaired) electrons. The third-order valence-corrected chi connectivity index (χ3v) is 4.10. The summed E-state index contributed by atoms with van der Waals surface area (Å²) in [4.78, 5) is 18.8. The molecule has 5 nitrogen and oxygen atoms in total. The summed E-state index contributed by atoms with van der Waals surface area (Å²) < 4.78 is 11.8. The zero-order valence-electron chi connectivity index (χ0n) is 12.6. The molecule has 0 spiro atoms. The fourth-order valence-corrected chi connectivity index (χ4v) is 3.02. The molecule has 7 heteroatoms. The van der Waals surface area contributed by atoms with Gasteiger partial charge in [0.15, 0.2) is 4.47 Å². The molecule has 0 unspecified atom stereocenters. The van der Waals surface area contributed by atoms with E-state index in [1.165, 1.54) is 11.3 Å². The van der Waals surface area contributed by atoms with Crippen LogP contribution in [0, 0.1) is 0 Å². The number of aromatic nitrogens is 1. The van der Waals surface area contributed by atoms with Crippen molar-refractivity contribution in [2.75, 3.05) is 13.1 Å². The Morgan fingerprint density at radius 2 is 2.33 bits per heavy atom. The summed E-state index contributed by atoms with van der Waals surface area (Å²) in [6.45, 7) is 7.39. The first-order valence-electron chi connectivity index (χ1n) is 7.03. The van der Waals surface area contributed by atoms with Gasteiger partial charge in [0.1, 0.15) is 5.60 Å². The number of rotatable bonds is 3. The second-order valence-electron chi connectivity index (χ2n) is 6.08. The Bertz CT molecular complexity index is 487. The van der Waals surface area contributed by atoms with Crippen LogP contribution in [0.15, 0.2) is 6.20 Å². The zero-order chi connectivity index (χ0) is 15.5. The van der Waals surface area contributed by atoms with Crippen molar-refractivity contribution in [2.45, 2.75) is 51.9 Å². The van der Waals surface area contributed by atoms with Crippen LogP contribution in [0.4, 0.5) is 4.79 Å². The lowest BCUT2D eigenvalue weighted by molar-refractivity contribution is -0.0253. The SMILES string of the molecule is CC(C)(C)OC(=O)N1CCC[C@@H](OCc2cnc(Cl)s2)C1. The molecule has 0 aliphatic carbocycles. The highest BCUT2D eigenvalue weighted by Gasteiger charge is 2.28. The van der Waals surface area contributed by atoms with Gasteiger partial charge in [0.2, 0.25) is 0 Å². The Kier molecular flexibility index (Phi) is 5.46. The monoisotopic (exact) mass is 332 g/mol. The first kappa shape index (κ1) is 16.5. The van der Waals surface area contributed by atoms with Gasteiger partial charge in [0, 0.05) is 12.7 Å². The van der Waals surface area contributed by atoms with E-state index in [1.807, 2.05) is 20.8 Å². The summed E-state index contributed by atoms with van der Waals surface area (Å²) >= 11 is 7.21. The second-order valence-corrected chi connectivity index (χ2v) is 7.78. The van der Waals surface area contributed by atoms with E-state index in [0.717, 1.165) is 24.3 Å². The number of amides is 1. The van der Waals surface area contributed by atoms with E-state index in [2.05, 4.69) is 4.98 Å². The number of nitrogens with zero attached hydrogens (tertiary/aromatic N) is 2. The van der Waals surface area contributed by atoms with Crippen LogP contribution in [0.5, 0.6) is 0 Å². The van der Waals surface area contributed by atoms with Crippen molar-refractivity contribution < 1.29 is 14.3 Å². The van der Waals surface area contributed by atoms with Crippen molar-refractivity contribution in [1.29, 1.82) is 0 Å². The minimum atomic E-state index is -0.468. The fraction of sp³-hybridized carbons (Fsp3) is 0.714. The Labute approximate surface area is 134 Å². The van der Waals surface area contributed by atoms with Gasteiger partial charge in [-0.25, -0.2) is 9.78 Å². The Morgan fingerprint density at radius 3 is 2.95 bits per heavy atom. The van der Waals surface area contributed by atoms with Gasteiger partial charge < -0.3 is 14.4 Å². The first-order valence-corrected chi connectivity index (χ1v) is 8.23. The zero-order valence-corrected chi connectivity index (χ0v) is 14.2. The lowest BCUT2D eigenvalue weighted by Gasteiger charge is -2.33. The number of halogens is 1. The third kappa shape index (κ3) is 5.45. The van der Waals surface area contributed by atoms with E-state index >= 15 is 0 Å². The summed E-state index contributed by atoms with van der Waals surface area (Å²) in [6.07, 6.45) is 3.37. The first-order chi connectivity index (χ1) is 9.83. The largest absolute Gasteiger partial charge is 0.444 e. The average Bonchev–Trinajstić information content (AvgIpc) is 2.81. The Morgan fingerprint density at radius 1 is 1.57 bits per heavy atom. The van der Waals surface area contributed by atoms with Gasteiger partial charge in [-0.15, -0.1) is 11.3 Å². The van der Waals surface area contributed by atoms with E-state index < -0.39 is 5.60 Å². The lowest BCUT2D eigenvalue weighted by Crippen LogP contribution is -2.45. The summed E-state index contributed by atoms with van der Waals surface area (Å²) in [5.41, 5.74) is -0.468. The quantitative estimate of drug-likeness (QED) is 0.846. The highest BCUT2D eigenvalue weighted by atomic mass is 35.5. The standard InChI is InChI=1S/C14H21ClN2O3S/c1-14(2,3)20-13(18)17-6-4-5-10(8-17)19-9-11-7-16-12(15)21-11/h7,10H,4-6,8-9H2,1-3H3/t10-/m1/s1. The molecule has 1 atom stereocenters. The molecule has 21 heavy (non-hydrogen) atoms. The van der Waals surface area contributed by atoms with Crippen molar-refractivity contribution in [3.05, 3.63) is 15.5 Å². The van der Waals surface area contributed by atoms with Crippen molar-refractivity contribution in [3.63, 3.8) is 0 Å². The molecule has 118 valence electrons. The normalized spacial score (nSPS) is 19.6. The van der Waals surface area contributed by atoms with Crippen LogP contribution in [0.3, 0.4) is 0 Å². The van der Waals surface area contributed by atoms with E-state index in [4.69, 9.17) is 21.1 Å². The number of hydrogen-bond donors (Lipinski definition) is 0. The number of thiazole rings is 1. The van der Waals surface area contributed by atoms with E-state index in [-0.39, 0.29) is 12.2 Å². The second kappa shape index (κ2) is 6.94. The highest BCUT2D eigenvalue weighted by molar-refractivity contribution is 7.15. The number of piperidine rings is 1. The van der Waals surface area contributed by atoms with Crippen LogP contribution in [0.25, 0.3) is 0 Å². The molecule has 1 fully saturated rings. The van der Waals surface area contributed by atoms with Crippen molar-refractivity contribution >= 4 is 29.0 Å². The highest BCUT2D eigenvalue weighted by Crippen LogP contribution is 2.21. The van der Waals surface area contributed by atoms with Crippen LogP contribution in [0.2, 0.25) is 4.47 Å². The topological polar surface area (TPSA) is 51.7 Å². The molecule has 1 aromatic heterocycles. The van der Waals surface area contributed by atoms with E-state index in [1.54, 1.807) is 11.1 Å². The van der Waals surface area contributed by atoms with Gasteiger partial charge >= 0.3 is 6.09 Å². The van der Waals surface area contributed by atoms with Gasteiger partial charge in [0.25, 0.3) is 0 Å². The van der Waals surface area contributed by atoms with Gasteiger partial charge in [-0.2, -0.15) is 0 Å². The number of carbonyl (C=O) groups is 1. The van der Waals surface area contributed by atoms with Gasteiger partial charge in [-0.3, -0.25) is 0 Å². The molecular formula is C14H21ClN2O3S. The lowest BCUT2D eigenvalue weighted by atomic mass is 10.1. The maximum Gasteiger partial charge on any atom is 0.410 e. The smallest absolute Gasteiger partial charge is 0.410 e. The Hall–Kier alpha value is -0.850. The van der Waals surface area contributed by atoms with Crippen LogP contribution < -0.4 is 0 Å². The summed E-state index contributed by atoms with van der Waals surface area (Å²) in [5.74, 6) is 0. The van der Waals surface area contributed by atoms with Crippen molar-refractivity contribution in [1.82, 2.24) is 9.88 Å². The number of carbonyl (C=O) groups excluding carboxylic acids is 1. The maximum absolute atomic E-state index is 12.1. The van der Waals surface area contributed by atoms with Crippen LogP contribution >= 0.6 is 22.9 Å². The third-order valence-electron chi connectivity index (χ3n) is 3.02. The van der Waals surface area contributed by atoms with Crippen molar-refractivity contribution in [2.24, 2.45) is 0 Å². The van der Waals surface area contributed by atoms with E-state index in [9.17, 15) is 4.79 Å². The molecule has 0 bridgehead atoms. The molecule has 0 N–H and O–H groups in total. The van der Waals surface area contributed by atoms with Crippen LogP contribution in [0.1, 0.15) is 38.5 Å².